The predicted molar refractivity (Wildman–Crippen MR) is 160 cm³/mol. The normalized spacial score (nSPS) is 16.1. The Labute approximate surface area is 244 Å². The largest absolute Gasteiger partial charge is 0.356 e. The van der Waals surface area contributed by atoms with Gasteiger partial charge in [-0.25, -0.2) is 0 Å². The molecule has 3 aromatic carbocycles. The summed E-state index contributed by atoms with van der Waals surface area (Å²) in [5, 5.41) is 10.8. The maximum atomic E-state index is 13.6. The molecule has 1 aliphatic heterocycles. The molecule has 4 amide bonds. The number of carbonyl (C=O) groups is 5. The molecule has 1 heterocycles. The van der Waals surface area contributed by atoms with Gasteiger partial charge in [-0.05, 0) is 48.6 Å². The molecule has 1 fully saturated rings. The van der Waals surface area contributed by atoms with Gasteiger partial charge in [0, 0.05) is 30.6 Å². The van der Waals surface area contributed by atoms with Gasteiger partial charge in [0.05, 0.1) is 6.04 Å². The van der Waals surface area contributed by atoms with Crippen molar-refractivity contribution in [2.75, 3.05) is 11.9 Å². The predicted octanol–water partition coefficient (Wildman–Crippen LogP) is 3.04. The van der Waals surface area contributed by atoms with Gasteiger partial charge in [0.1, 0.15) is 6.04 Å². The van der Waals surface area contributed by atoms with Crippen molar-refractivity contribution in [1.82, 2.24) is 16.0 Å². The molecule has 9 nitrogen and oxygen atoms in total. The molecule has 1 aliphatic rings. The summed E-state index contributed by atoms with van der Waals surface area (Å²) in [5.41, 5.74) is 2.04. The van der Waals surface area contributed by atoms with E-state index in [1.165, 1.54) is 6.08 Å². The topological polar surface area (TPSA) is 133 Å². The molecule has 3 atom stereocenters. The Morgan fingerprint density at radius 2 is 1.48 bits per heavy atom. The molecule has 0 bridgehead atoms. The van der Waals surface area contributed by atoms with Crippen LogP contribution in [0.5, 0.6) is 0 Å². The lowest BCUT2D eigenvalue weighted by atomic mass is 9.89. The fourth-order valence-electron chi connectivity index (χ4n) is 4.74. The van der Waals surface area contributed by atoms with E-state index in [1.807, 2.05) is 60.7 Å². The van der Waals surface area contributed by atoms with Gasteiger partial charge in [-0.15, -0.1) is 0 Å². The number of piperidine rings is 1. The number of nitrogens with one attached hydrogen (secondary N) is 4. The molecule has 216 valence electrons. The zero-order valence-electron chi connectivity index (χ0n) is 23.1. The van der Waals surface area contributed by atoms with Crippen molar-refractivity contribution in [3.05, 3.63) is 108 Å². The molecule has 0 unspecified atom stereocenters. The first-order valence-corrected chi connectivity index (χ1v) is 13.9. The Morgan fingerprint density at radius 1 is 0.833 bits per heavy atom. The van der Waals surface area contributed by atoms with Crippen LogP contribution in [0.15, 0.2) is 97.1 Å². The van der Waals surface area contributed by atoms with Crippen molar-refractivity contribution in [2.45, 2.75) is 37.8 Å². The monoisotopic (exact) mass is 566 g/mol. The number of Topliss-reactive ketones (excluding diaryl/α,β-unsaturated/α-hetero) is 1. The highest BCUT2D eigenvalue weighted by molar-refractivity contribution is 6.42. The molecule has 4 rings (SSSR count). The highest BCUT2D eigenvalue weighted by atomic mass is 16.2. The number of carbonyl (C=O) groups excluding carboxylic acids is 5. The van der Waals surface area contributed by atoms with Crippen molar-refractivity contribution < 1.29 is 24.0 Å². The van der Waals surface area contributed by atoms with Gasteiger partial charge in [-0.2, -0.15) is 0 Å². The van der Waals surface area contributed by atoms with E-state index in [0.29, 0.717) is 18.7 Å². The van der Waals surface area contributed by atoms with Crippen molar-refractivity contribution >= 4 is 41.2 Å². The summed E-state index contributed by atoms with van der Waals surface area (Å²) in [7, 11) is 0. The van der Waals surface area contributed by atoms with Crippen molar-refractivity contribution in [1.29, 1.82) is 0 Å². The zero-order valence-corrected chi connectivity index (χ0v) is 23.1. The summed E-state index contributed by atoms with van der Waals surface area (Å²) >= 11 is 0. The van der Waals surface area contributed by atoms with Crippen LogP contribution >= 0.6 is 0 Å². The standard InChI is InChI=1S/C33H34N4O5/c38-29(19-18-23-11-4-1-5-12-23)36-28(21-24-13-6-2-7-14-24)32(41)37-27(22-25-15-10-20-34-31(25)40)30(39)33(42)35-26-16-8-3-9-17-26/h1-9,11-14,16-19,25,27-28H,10,15,20-22H2,(H,34,40)(H,35,42)(H,36,38)(H,37,41)/b19-18+/t25-,27-,28-/m0/s1. The highest BCUT2D eigenvalue weighted by Gasteiger charge is 2.34. The van der Waals surface area contributed by atoms with Crippen molar-refractivity contribution in [2.24, 2.45) is 5.92 Å². The number of ketones is 1. The van der Waals surface area contributed by atoms with E-state index in [-0.39, 0.29) is 18.7 Å². The minimum Gasteiger partial charge on any atom is -0.356 e. The molecule has 0 spiro atoms. The van der Waals surface area contributed by atoms with E-state index in [9.17, 15) is 24.0 Å². The van der Waals surface area contributed by atoms with Gasteiger partial charge >= 0.3 is 0 Å². The number of hydrogen-bond donors (Lipinski definition) is 4. The third kappa shape index (κ3) is 8.99. The average Bonchev–Trinajstić information content (AvgIpc) is 3.01. The minimum absolute atomic E-state index is 0.0431. The minimum atomic E-state index is -1.27. The van der Waals surface area contributed by atoms with Crippen LogP contribution in [0.4, 0.5) is 5.69 Å². The quantitative estimate of drug-likeness (QED) is 0.198. The van der Waals surface area contributed by atoms with Gasteiger partial charge in [-0.1, -0.05) is 78.9 Å². The lowest BCUT2D eigenvalue weighted by Gasteiger charge is -2.27. The fourth-order valence-corrected chi connectivity index (χ4v) is 4.74. The SMILES string of the molecule is O=C(/C=C/c1ccccc1)N[C@@H](Cc1ccccc1)C(=O)N[C@@H](C[C@@H]1CCCNC1=O)C(=O)C(=O)Nc1ccccc1. The molecule has 1 saturated heterocycles. The summed E-state index contributed by atoms with van der Waals surface area (Å²) in [6.07, 6.45) is 4.33. The lowest BCUT2D eigenvalue weighted by molar-refractivity contribution is -0.139. The first-order chi connectivity index (χ1) is 20.4. The molecule has 0 radical (unpaired) electrons. The van der Waals surface area contributed by atoms with E-state index in [1.54, 1.807) is 36.4 Å². The summed E-state index contributed by atoms with van der Waals surface area (Å²) in [4.78, 5) is 65.3. The van der Waals surface area contributed by atoms with Crippen LogP contribution in [0.25, 0.3) is 6.08 Å². The Hall–Kier alpha value is -5.05. The number of amides is 4. The van der Waals surface area contributed by atoms with E-state index in [0.717, 1.165) is 17.5 Å². The van der Waals surface area contributed by atoms with Crippen LogP contribution in [0.2, 0.25) is 0 Å². The molecule has 0 aromatic heterocycles. The maximum Gasteiger partial charge on any atom is 0.293 e. The summed E-state index contributed by atoms with van der Waals surface area (Å²) < 4.78 is 0. The fraction of sp³-hybridized carbons (Fsp3) is 0.242. The second-order valence-electron chi connectivity index (χ2n) is 10.1. The summed E-state index contributed by atoms with van der Waals surface area (Å²) in [6.45, 7) is 0.538. The highest BCUT2D eigenvalue weighted by Crippen LogP contribution is 2.19. The molecule has 0 aliphatic carbocycles. The van der Waals surface area contributed by atoms with Gasteiger partial charge in [0.15, 0.2) is 0 Å². The van der Waals surface area contributed by atoms with E-state index in [4.69, 9.17) is 0 Å². The molecular weight excluding hydrogens is 532 g/mol. The second-order valence-corrected chi connectivity index (χ2v) is 10.1. The molecule has 42 heavy (non-hydrogen) atoms. The number of para-hydroxylation sites is 1. The molecule has 4 N–H and O–H groups in total. The number of benzene rings is 3. The van der Waals surface area contributed by atoms with Crippen LogP contribution < -0.4 is 21.3 Å². The van der Waals surface area contributed by atoms with Gasteiger partial charge in [0.25, 0.3) is 5.91 Å². The van der Waals surface area contributed by atoms with Crippen LogP contribution in [-0.4, -0.2) is 48.0 Å². The number of rotatable bonds is 12. The van der Waals surface area contributed by atoms with Crippen molar-refractivity contribution in [3.63, 3.8) is 0 Å². The Morgan fingerprint density at radius 3 is 2.14 bits per heavy atom. The summed E-state index contributed by atoms with van der Waals surface area (Å²) in [5.74, 6) is -3.68. The van der Waals surface area contributed by atoms with Crippen LogP contribution in [-0.2, 0) is 30.4 Å². The van der Waals surface area contributed by atoms with Crippen LogP contribution in [0, 0.1) is 5.92 Å². The van der Waals surface area contributed by atoms with Gasteiger partial charge < -0.3 is 21.3 Å². The van der Waals surface area contributed by atoms with Gasteiger partial charge in [-0.3, -0.25) is 24.0 Å². The molecule has 9 heteroatoms. The first kappa shape index (κ1) is 29.9. The molecular formula is C33H34N4O5. The van der Waals surface area contributed by atoms with Gasteiger partial charge in [0.2, 0.25) is 23.5 Å². The van der Waals surface area contributed by atoms with Crippen LogP contribution in [0.1, 0.15) is 30.4 Å². The van der Waals surface area contributed by atoms with E-state index in [2.05, 4.69) is 21.3 Å². The average molecular weight is 567 g/mol. The number of anilines is 1. The third-order valence-corrected chi connectivity index (χ3v) is 6.95. The van der Waals surface area contributed by atoms with E-state index >= 15 is 0 Å². The Bertz CT molecular complexity index is 1410. The van der Waals surface area contributed by atoms with Crippen LogP contribution in [0.3, 0.4) is 0 Å². The zero-order chi connectivity index (χ0) is 29.7. The Kier molecular flexibility index (Phi) is 10.7. The number of hydrogen-bond acceptors (Lipinski definition) is 5. The molecule has 3 aromatic rings. The Balaban J connectivity index is 1.53. The van der Waals surface area contributed by atoms with E-state index < -0.39 is 41.5 Å². The summed E-state index contributed by atoms with van der Waals surface area (Å²) in [6, 6.07) is 24.6. The maximum absolute atomic E-state index is 13.6. The second kappa shape index (κ2) is 15.1. The smallest absolute Gasteiger partial charge is 0.293 e. The first-order valence-electron chi connectivity index (χ1n) is 13.9. The van der Waals surface area contributed by atoms with Crippen molar-refractivity contribution in [3.8, 4) is 0 Å². The molecule has 0 saturated carbocycles. The lowest BCUT2D eigenvalue weighted by Crippen LogP contribution is -2.55. The third-order valence-electron chi connectivity index (χ3n) is 6.95.